The van der Waals surface area contributed by atoms with Crippen LogP contribution in [-0.4, -0.2) is 55.8 Å². The van der Waals surface area contributed by atoms with Gasteiger partial charge in [-0.15, -0.1) is 11.8 Å². The second-order valence-corrected chi connectivity index (χ2v) is 9.62. The van der Waals surface area contributed by atoms with E-state index in [2.05, 4.69) is 6.92 Å². The predicted octanol–water partition coefficient (Wildman–Crippen LogP) is 3.50. The molecule has 0 heterocycles. The third-order valence-corrected chi connectivity index (χ3v) is 7.44. The van der Waals surface area contributed by atoms with Gasteiger partial charge < -0.3 is 5.11 Å². The van der Waals surface area contributed by atoms with Gasteiger partial charge in [0, 0.05) is 39.6 Å². The number of rotatable bonds is 13. The lowest BCUT2D eigenvalue weighted by atomic mass is 10.5. The zero-order valence-corrected chi connectivity index (χ0v) is 14.8. The minimum absolute atomic E-state index is 0.230. The van der Waals surface area contributed by atoms with E-state index in [1.165, 1.54) is 17.5 Å². The molecule has 0 aliphatic heterocycles. The largest absolute Gasteiger partial charge is 0.396 e. The molecule has 108 valence electrons. The van der Waals surface area contributed by atoms with Gasteiger partial charge in [-0.25, -0.2) is 0 Å². The van der Waals surface area contributed by atoms with Crippen LogP contribution in [0.15, 0.2) is 0 Å². The van der Waals surface area contributed by atoms with Gasteiger partial charge in [-0.05, 0) is 5.75 Å². The summed E-state index contributed by atoms with van der Waals surface area (Å²) in [5.74, 6) is 4.72. The second-order valence-electron chi connectivity index (χ2n) is 3.15. The van der Waals surface area contributed by atoms with Crippen LogP contribution in [0, 0.1) is 0 Å². The Hall–Kier alpha value is 1.38. The van der Waals surface area contributed by atoms with Crippen LogP contribution < -0.4 is 0 Å². The molecule has 0 aromatic carbocycles. The lowest BCUT2D eigenvalue weighted by Gasteiger charge is -2.02. The topological polar surface area (TPSA) is 37.3 Å². The molecule has 0 aromatic rings. The van der Waals surface area contributed by atoms with Gasteiger partial charge in [0.2, 0.25) is 0 Å². The molecule has 0 unspecified atom stereocenters. The third kappa shape index (κ3) is 15.4. The number of hydrogen-bond acceptors (Lipinski definition) is 7. The summed E-state index contributed by atoms with van der Waals surface area (Å²) in [4.78, 5) is 11.5. The molecule has 0 saturated carbocycles. The normalized spacial score (nSPS) is 10.8. The summed E-state index contributed by atoms with van der Waals surface area (Å²) < 4.78 is 0. The highest BCUT2D eigenvalue weighted by Crippen LogP contribution is 2.19. The van der Waals surface area contributed by atoms with Crippen LogP contribution in [0.2, 0.25) is 0 Å². The Balaban J connectivity index is 3.12. The monoisotopic (exact) mass is 346 g/mol. The first-order valence-electron chi connectivity index (χ1n) is 5.88. The Morgan fingerprint density at radius 2 is 1.72 bits per heavy atom. The van der Waals surface area contributed by atoms with E-state index in [-0.39, 0.29) is 6.61 Å². The molecular weight excluding hydrogens is 324 g/mol. The lowest BCUT2D eigenvalue weighted by Crippen LogP contribution is -1.98. The quantitative estimate of drug-likeness (QED) is 0.404. The van der Waals surface area contributed by atoms with E-state index in [1.807, 2.05) is 35.3 Å². The van der Waals surface area contributed by atoms with Crippen molar-refractivity contribution in [1.82, 2.24) is 0 Å². The number of aliphatic hydroxyl groups excluding tert-OH is 1. The van der Waals surface area contributed by atoms with E-state index in [9.17, 15) is 4.79 Å². The van der Waals surface area contributed by atoms with Gasteiger partial charge in [0.25, 0.3) is 0 Å². The minimum atomic E-state index is 0.230. The summed E-state index contributed by atoms with van der Waals surface area (Å²) in [6.07, 6.45) is 0.682. The molecule has 0 aliphatic rings. The smallest absolute Gasteiger partial charge is 0.189 e. The highest BCUT2D eigenvalue weighted by Gasteiger charge is 2.02. The van der Waals surface area contributed by atoms with Crippen molar-refractivity contribution in [2.24, 2.45) is 0 Å². The zero-order valence-electron chi connectivity index (χ0n) is 10.8. The summed E-state index contributed by atoms with van der Waals surface area (Å²) in [6, 6.07) is 0. The maximum absolute atomic E-state index is 11.5. The molecule has 0 aromatic heterocycles. The van der Waals surface area contributed by atoms with Crippen LogP contribution >= 0.6 is 58.8 Å². The van der Waals surface area contributed by atoms with Crippen LogP contribution in [0.1, 0.15) is 13.3 Å². The number of aliphatic hydroxyl groups is 1. The molecule has 2 nitrogen and oxygen atoms in total. The summed E-state index contributed by atoms with van der Waals surface area (Å²) >= 11 is 8.88. The van der Waals surface area contributed by atoms with Crippen LogP contribution in [0.3, 0.4) is 0 Å². The highest BCUT2D eigenvalue weighted by atomic mass is 32.2. The molecule has 18 heavy (non-hydrogen) atoms. The van der Waals surface area contributed by atoms with Crippen molar-refractivity contribution in [2.75, 3.05) is 45.5 Å². The first kappa shape index (κ1) is 19.4. The van der Waals surface area contributed by atoms with E-state index < -0.39 is 0 Å². The standard InChI is InChI=1S/C11H22O2S5/c1-2-14-9-17-10-16-5-3-11(13)18-8-7-15-6-4-12/h12H,2-10H2,1H3. The molecule has 0 saturated heterocycles. The Morgan fingerprint density at radius 1 is 0.944 bits per heavy atom. The van der Waals surface area contributed by atoms with Gasteiger partial charge in [-0.1, -0.05) is 18.7 Å². The van der Waals surface area contributed by atoms with Gasteiger partial charge in [0.05, 0.1) is 6.61 Å². The number of thioether (sulfide) groups is 5. The van der Waals surface area contributed by atoms with Gasteiger partial charge in [0.15, 0.2) is 5.12 Å². The lowest BCUT2D eigenvalue weighted by molar-refractivity contribution is -0.110. The number of carbonyl (C=O) groups is 1. The van der Waals surface area contributed by atoms with Crippen molar-refractivity contribution in [3.05, 3.63) is 0 Å². The molecule has 0 bridgehead atoms. The molecule has 0 amide bonds. The summed E-state index contributed by atoms with van der Waals surface area (Å²) in [6.45, 7) is 2.40. The molecule has 0 spiro atoms. The van der Waals surface area contributed by atoms with Gasteiger partial charge >= 0.3 is 0 Å². The fourth-order valence-electron chi connectivity index (χ4n) is 0.903. The maximum Gasteiger partial charge on any atom is 0.189 e. The van der Waals surface area contributed by atoms with E-state index in [1.54, 1.807) is 11.8 Å². The van der Waals surface area contributed by atoms with Crippen LogP contribution in [0.4, 0.5) is 0 Å². The molecule has 1 N–H and O–H groups in total. The van der Waals surface area contributed by atoms with Gasteiger partial charge in [-0.2, -0.15) is 35.3 Å². The summed E-state index contributed by atoms with van der Waals surface area (Å²) in [5, 5.41) is 11.2. The Morgan fingerprint density at radius 3 is 2.44 bits per heavy atom. The second kappa shape index (κ2) is 16.4. The first-order valence-corrected chi connectivity index (χ1v) is 11.5. The Bertz CT molecular complexity index is 192. The molecular formula is C11H22O2S5. The fraction of sp³-hybridized carbons (Fsp3) is 0.909. The highest BCUT2D eigenvalue weighted by molar-refractivity contribution is 8.22. The third-order valence-electron chi connectivity index (χ3n) is 1.71. The van der Waals surface area contributed by atoms with Crippen LogP contribution in [0.25, 0.3) is 0 Å². The average molecular weight is 347 g/mol. The average Bonchev–Trinajstić information content (AvgIpc) is 2.37. The SMILES string of the molecule is CCSCSCSCCC(=O)SCCSCCO. The number of hydrogen-bond donors (Lipinski definition) is 1. The van der Waals surface area contributed by atoms with Crippen molar-refractivity contribution < 1.29 is 9.90 Å². The van der Waals surface area contributed by atoms with Gasteiger partial charge in [-0.3, -0.25) is 4.79 Å². The fourth-order valence-corrected chi connectivity index (χ4v) is 5.94. The Labute approximate surface area is 132 Å². The van der Waals surface area contributed by atoms with Crippen LogP contribution in [-0.2, 0) is 4.79 Å². The Kier molecular flexibility index (Phi) is 17.7. The molecule has 0 radical (unpaired) electrons. The van der Waals surface area contributed by atoms with E-state index in [0.29, 0.717) is 11.5 Å². The summed E-state index contributed by atoms with van der Waals surface area (Å²) in [7, 11) is 0. The van der Waals surface area contributed by atoms with E-state index in [0.717, 1.165) is 33.2 Å². The zero-order chi connectivity index (χ0) is 13.5. The van der Waals surface area contributed by atoms with E-state index >= 15 is 0 Å². The molecule has 0 atom stereocenters. The first-order chi connectivity index (χ1) is 8.81. The molecule has 0 aliphatic carbocycles. The summed E-state index contributed by atoms with van der Waals surface area (Å²) in [5.41, 5.74) is 0. The van der Waals surface area contributed by atoms with Crippen molar-refractivity contribution in [2.45, 2.75) is 13.3 Å². The number of carbonyl (C=O) groups excluding carboxylic acids is 1. The van der Waals surface area contributed by atoms with Crippen molar-refractivity contribution in [1.29, 1.82) is 0 Å². The minimum Gasteiger partial charge on any atom is -0.396 e. The van der Waals surface area contributed by atoms with Crippen molar-refractivity contribution >= 4 is 63.9 Å². The van der Waals surface area contributed by atoms with Crippen molar-refractivity contribution in [3.63, 3.8) is 0 Å². The van der Waals surface area contributed by atoms with Crippen molar-refractivity contribution in [3.8, 4) is 0 Å². The maximum atomic E-state index is 11.5. The van der Waals surface area contributed by atoms with Crippen LogP contribution in [0.5, 0.6) is 0 Å². The van der Waals surface area contributed by atoms with E-state index in [4.69, 9.17) is 5.11 Å². The molecule has 0 rings (SSSR count). The molecule has 7 heteroatoms. The van der Waals surface area contributed by atoms with Gasteiger partial charge in [0.1, 0.15) is 0 Å². The molecule has 0 fully saturated rings. The predicted molar refractivity (Wildman–Crippen MR) is 94.4 cm³/mol.